The second-order valence-electron chi connectivity index (χ2n) is 35.5. The molecule has 9 fully saturated rings. The third-order valence-corrected chi connectivity index (χ3v) is 26.0. The lowest BCUT2D eigenvalue weighted by atomic mass is 9.65. The van der Waals surface area contributed by atoms with Crippen LogP contribution in [0.3, 0.4) is 0 Å². The molecule has 9 aliphatic rings. The maximum Gasteiger partial charge on any atom is 0.426 e. The minimum absolute atomic E-state index is 0. The summed E-state index contributed by atoms with van der Waals surface area (Å²) in [5.74, 6) is -25.3. The zero-order valence-corrected chi connectivity index (χ0v) is 70.1. The number of aliphatic hydroxyl groups is 3. The molecule has 776 valence electrons. The number of carbonyl (C=O) groups excluding carboxylic acids is 10. The van der Waals surface area contributed by atoms with E-state index >= 15 is 0 Å². The largest absolute Gasteiger partial charge is 0.481 e. The van der Waals surface area contributed by atoms with Gasteiger partial charge in [0.1, 0.15) is 36.1 Å². The summed E-state index contributed by atoms with van der Waals surface area (Å²) in [6, 6.07) is 0. The Balaban J connectivity index is -0.000000381. The van der Waals surface area contributed by atoms with Crippen molar-refractivity contribution < 1.29 is 200 Å². The van der Waals surface area contributed by atoms with Gasteiger partial charge in [-0.1, -0.05) is 116 Å². The predicted molar refractivity (Wildman–Crippen MR) is 445 cm³/mol. The number of fused-ring (bicyclic) bond motifs is 2. The molecule has 3 heterocycles. The van der Waals surface area contributed by atoms with E-state index < -0.39 is 257 Å². The van der Waals surface area contributed by atoms with E-state index in [1.54, 1.807) is 48.5 Å². The van der Waals surface area contributed by atoms with Crippen molar-refractivity contribution in [3.8, 4) is 0 Å². The first-order chi connectivity index (χ1) is 54.7. The predicted octanol–water partition coefficient (Wildman–Crippen LogP) is 19.8. The first-order valence-corrected chi connectivity index (χ1v) is 39.4. The molecule has 0 aromatic heterocycles. The molecule has 6 saturated carbocycles. The highest BCUT2D eigenvalue weighted by Crippen LogP contribution is 2.63. The number of carbonyl (C=O) groups is 11. The van der Waals surface area contributed by atoms with Crippen molar-refractivity contribution in [2.45, 2.75) is 384 Å². The number of ether oxygens (including phenoxy) is 11. The van der Waals surface area contributed by atoms with Gasteiger partial charge in [0.25, 0.3) is 22.6 Å². The smallest absolute Gasteiger partial charge is 0.426 e. The van der Waals surface area contributed by atoms with E-state index in [2.05, 4.69) is 9.47 Å². The summed E-state index contributed by atoms with van der Waals surface area (Å²) in [7, 11) is 1.27. The summed E-state index contributed by atoms with van der Waals surface area (Å²) in [5.41, 5.74) is -20.9. The Morgan fingerprint density at radius 2 is 0.763 bits per heavy atom. The molecule has 3 aliphatic heterocycles. The van der Waals surface area contributed by atoms with Gasteiger partial charge in [-0.25, -0.2) is 9.59 Å². The minimum atomic E-state index is -6.58. The number of rotatable bonds is 24. The second-order valence-corrected chi connectivity index (χ2v) is 35.5. The lowest BCUT2D eigenvalue weighted by molar-refractivity contribution is -0.405. The summed E-state index contributed by atoms with van der Waals surface area (Å²) in [5, 5.41) is 37.0. The number of carboxylic acid groups (broad SMARTS) is 1. The lowest BCUT2D eigenvalue weighted by Crippen LogP contribution is -2.67. The molecular weight excluding hydrogens is 1800 g/mol. The Morgan fingerprint density at radius 3 is 1.05 bits per heavy atom. The quantitative estimate of drug-likeness (QED) is 0.0396. The van der Waals surface area contributed by atoms with Crippen molar-refractivity contribution in [3.05, 3.63) is 0 Å². The molecule has 0 spiro atoms. The molecule has 0 aromatic carbocycles. The molecule has 0 radical (unpaired) electrons. The van der Waals surface area contributed by atoms with E-state index in [1.807, 2.05) is 27.7 Å². The number of methoxy groups -OCH3 is 1. The molecule has 3 saturated heterocycles. The zero-order chi connectivity index (χ0) is 93.5. The number of hydrogen-bond acceptors (Lipinski definition) is 25. The highest BCUT2D eigenvalue weighted by Gasteiger charge is 2.83. The first kappa shape index (κ1) is 135. The summed E-state index contributed by atoms with van der Waals surface area (Å²) in [6.07, 6.45) is -34.4. The van der Waals surface area contributed by atoms with Gasteiger partial charge in [-0.05, 0) is 166 Å². The SMILES string of the molecule is C.C.C.C.C.C.C.C.C.C.CCC(C)(C)C(=O)O.CCC(C)(C)C(=O)OC1(C)OCC(O)(C(F)(F)F)C1(F)F.CCC(C)(C)C(=O)OC1CC(C(O)(C(F)(F)F)C(F)(F)F)CC(C(O)(C(F)(F)F)C(F)(F)F)C1.CCC(C)(C)C(=O)OCC(=O)OC1C2CC3C1OC(=O)C3C2C(=O)OC.CCC1(OC(=O)C2C3CC4C(OC(=O)C42)C3OC(=O)COC(=O)C(C)(C)CC)CCCC1. The molecule has 26 nitrogen and oxygen atoms in total. The Kier molecular flexibility index (Phi) is 48.8. The van der Waals surface area contributed by atoms with Crippen molar-refractivity contribution in [1.29, 1.82) is 0 Å². The topological polar surface area (TPSA) is 370 Å². The van der Waals surface area contributed by atoms with E-state index in [4.69, 9.17) is 47.7 Å². The van der Waals surface area contributed by atoms with Gasteiger partial charge >= 0.3 is 102 Å². The molecule has 0 amide bonds. The van der Waals surface area contributed by atoms with Crippen molar-refractivity contribution in [1.82, 2.24) is 0 Å². The third-order valence-electron chi connectivity index (χ3n) is 26.0. The van der Waals surface area contributed by atoms with E-state index in [1.165, 1.54) is 41.7 Å². The van der Waals surface area contributed by atoms with Gasteiger partial charge in [0.2, 0.25) is 0 Å². The molecule has 4 bridgehead atoms. The van der Waals surface area contributed by atoms with Crippen molar-refractivity contribution in [2.75, 3.05) is 26.9 Å². The van der Waals surface area contributed by atoms with Crippen LogP contribution in [-0.4, -0.2) is 209 Å². The number of esters is 10. The maximum absolute atomic E-state index is 14.0. The van der Waals surface area contributed by atoms with Gasteiger partial charge in [-0.2, -0.15) is 74.6 Å². The average Bonchev–Trinajstić information content (AvgIpc) is 1.70. The number of hydrogen-bond donors (Lipinski definition) is 4. The van der Waals surface area contributed by atoms with Crippen molar-refractivity contribution >= 4 is 65.7 Å². The van der Waals surface area contributed by atoms with Crippen LogP contribution in [0, 0.1) is 86.3 Å². The van der Waals surface area contributed by atoms with E-state index in [0.29, 0.717) is 39.0 Å². The molecule has 9 rings (SSSR count). The fourth-order valence-electron chi connectivity index (χ4n) is 15.7. The molecule has 4 N–H and O–H groups in total. The Bertz CT molecular complexity index is 3680. The van der Waals surface area contributed by atoms with Crippen molar-refractivity contribution in [2.24, 2.45) is 86.3 Å². The van der Waals surface area contributed by atoms with Crippen LogP contribution in [0.15, 0.2) is 0 Å². The van der Waals surface area contributed by atoms with Crippen LogP contribution in [0.1, 0.15) is 288 Å². The Labute approximate surface area is 760 Å². The highest BCUT2D eigenvalue weighted by molar-refractivity contribution is 5.88. The van der Waals surface area contributed by atoms with Gasteiger partial charge in [0, 0.05) is 42.4 Å². The zero-order valence-electron chi connectivity index (χ0n) is 70.1. The number of carboxylic acids is 1. The molecule has 0 aromatic rings. The van der Waals surface area contributed by atoms with Crippen LogP contribution < -0.4 is 0 Å². The van der Waals surface area contributed by atoms with Gasteiger partial charge in [0.05, 0.1) is 64.5 Å². The Morgan fingerprint density at radius 1 is 0.443 bits per heavy atom. The van der Waals surface area contributed by atoms with Crippen LogP contribution in [0.25, 0.3) is 0 Å². The fourth-order valence-corrected chi connectivity index (χ4v) is 15.7. The second kappa shape index (κ2) is 47.5. The third kappa shape index (κ3) is 27.0. The average molecular weight is 1950 g/mol. The maximum atomic E-state index is 14.0. The van der Waals surface area contributed by atoms with Crippen LogP contribution in [0.4, 0.5) is 74.6 Å². The van der Waals surface area contributed by atoms with E-state index in [0.717, 1.165) is 32.1 Å². The normalized spacial score (nSPS) is 27.5. The molecular formula is C88H149F17O26. The highest BCUT2D eigenvalue weighted by atomic mass is 19.4. The lowest BCUT2D eigenvalue weighted by Gasteiger charge is -2.48. The van der Waals surface area contributed by atoms with Gasteiger partial charge in [0.15, 0.2) is 13.2 Å². The molecule has 131 heavy (non-hydrogen) atoms. The van der Waals surface area contributed by atoms with E-state index in [9.17, 15) is 143 Å². The molecule has 6 aliphatic carbocycles. The van der Waals surface area contributed by atoms with Crippen LogP contribution in [-0.2, 0) is 105 Å². The monoisotopic (exact) mass is 1950 g/mol. The van der Waals surface area contributed by atoms with Gasteiger partial charge in [-0.3, -0.25) is 43.2 Å². The van der Waals surface area contributed by atoms with E-state index in [-0.39, 0.29) is 117 Å². The number of halogens is 17. The van der Waals surface area contributed by atoms with Crippen LogP contribution in [0.2, 0.25) is 0 Å². The summed E-state index contributed by atoms with van der Waals surface area (Å²) < 4.78 is 282. The molecule has 16 atom stereocenters. The minimum Gasteiger partial charge on any atom is -0.481 e. The molecule has 16 unspecified atom stereocenters. The number of alkyl halides is 17. The molecule has 43 heteroatoms. The van der Waals surface area contributed by atoms with Gasteiger partial charge in [-0.15, -0.1) is 0 Å². The summed E-state index contributed by atoms with van der Waals surface area (Å²) in [6.45, 7) is 24.0. The van der Waals surface area contributed by atoms with Crippen LogP contribution in [0.5, 0.6) is 0 Å². The van der Waals surface area contributed by atoms with Crippen molar-refractivity contribution in [3.63, 3.8) is 0 Å². The first-order valence-electron chi connectivity index (χ1n) is 39.4. The van der Waals surface area contributed by atoms with Crippen LogP contribution >= 0.6 is 0 Å². The Hall–Kier alpha value is -7.18. The number of aliphatic carboxylic acids is 1. The summed E-state index contributed by atoms with van der Waals surface area (Å²) >= 11 is 0. The van der Waals surface area contributed by atoms with Gasteiger partial charge < -0.3 is 72.5 Å². The fraction of sp³-hybridized carbons (Fsp3) is 0.875. The standard InChI is InChI=1S/C24H34O8.C18H22F12O4.C18H24O8.C12H17F5O4.C6H12O2.10CH4/c1-5-23(3,4)22(28)29-12-15(25)30-18-14-11-13-16(20(26)31-19(13)18)17(14)21(27)32-24(6-2)9-7-8-10-24;1-4-12(2,3)11(31)34-10-6-8(13(32,15(19,20)21)16(22,23)24)5-9(7-10)14(33,17(25,26)27)18(28,29)30;1-5-18(2,3)17(22)24-7-10(19)25-13-8-6-9-12(11(8)15(20)23-4)16(21)26-14(9)13;1-5-8(2,3)7(18)21-9(4)11(13,14)10(19,6-20-9)12(15,16)17;1-4-6(2,3)5(7)8;;;;;;;;;;/h13-14,16-19H,5-12H2,1-4H3;8-10,32-33H,4-7H2,1-3H3;8-9,11-14H,5-7H2,1-4H3;19H,5-6H2,1-4H3;4H2,1-3H3,(H,7,8);10*1H4. The summed E-state index contributed by atoms with van der Waals surface area (Å²) in [4.78, 5) is 133.